The van der Waals surface area contributed by atoms with Crippen LogP contribution in [-0.2, 0) is 4.79 Å². The topological polar surface area (TPSA) is 41.6 Å². The number of likely N-dealkylation sites (tertiary alicyclic amines) is 1. The van der Waals surface area contributed by atoms with Gasteiger partial charge < -0.3 is 10.1 Å². The van der Waals surface area contributed by atoms with Gasteiger partial charge in [-0.05, 0) is 50.4 Å². The molecule has 1 aromatic carbocycles. The molecule has 0 spiro atoms. The Balaban J connectivity index is 1.90. The van der Waals surface area contributed by atoms with Crippen molar-refractivity contribution in [2.75, 3.05) is 26.2 Å². The van der Waals surface area contributed by atoms with Crippen LogP contribution >= 0.6 is 0 Å². The van der Waals surface area contributed by atoms with Crippen molar-refractivity contribution in [3.63, 3.8) is 0 Å². The Kier molecular flexibility index (Phi) is 6.72. The molecule has 1 heterocycles. The van der Waals surface area contributed by atoms with Crippen LogP contribution in [0.25, 0.3) is 0 Å². The number of carbonyl (C=O) groups excluding carboxylic acids is 1. The van der Waals surface area contributed by atoms with Gasteiger partial charge in [0.05, 0.1) is 13.2 Å². The van der Waals surface area contributed by atoms with Crippen molar-refractivity contribution < 1.29 is 9.53 Å². The van der Waals surface area contributed by atoms with E-state index in [0.29, 0.717) is 19.2 Å². The van der Waals surface area contributed by atoms with Crippen molar-refractivity contribution in [1.29, 1.82) is 0 Å². The number of unbranched alkanes of at least 4 members (excludes halogenated alkanes) is 1. The molecule has 1 atom stereocenters. The molecule has 2 rings (SSSR count). The number of hydrogen-bond donors (Lipinski definition) is 1. The van der Waals surface area contributed by atoms with Crippen LogP contribution in [0.5, 0.6) is 5.75 Å². The Labute approximate surface area is 133 Å². The molecule has 22 heavy (non-hydrogen) atoms. The summed E-state index contributed by atoms with van der Waals surface area (Å²) in [6.07, 6.45) is 4.43. The van der Waals surface area contributed by atoms with Crippen molar-refractivity contribution in [3.05, 3.63) is 29.8 Å². The zero-order chi connectivity index (χ0) is 15.8. The van der Waals surface area contributed by atoms with Gasteiger partial charge in [-0.3, -0.25) is 9.69 Å². The van der Waals surface area contributed by atoms with E-state index in [2.05, 4.69) is 29.3 Å². The van der Waals surface area contributed by atoms with Crippen molar-refractivity contribution in [1.82, 2.24) is 10.2 Å². The lowest BCUT2D eigenvalue weighted by molar-refractivity contribution is -0.122. The Bertz CT molecular complexity index is 459. The highest BCUT2D eigenvalue weighted by Crippen LogP contribution is 2.32. The highest BCUT2D eigenvalue weighted by Gasteiger charge is 2.27. The van der Waals surface area contributed by atoms with Gasteiger partial charge in [0.1, 0.15) is 5.75 Å². The van der Waals surface area contributed by atoms with Crippen LogP contribution in [0.4, 0.5) is 0 Å². The highest BCUT2D eigenvalue weighted by atomic mass is 16.5. The number of rotatable bonds is 8. The molecule has 122 valence electrons. The molecule has 0 aromatic heterocycles. The van der Waals surface area contributed by atoms with E-state index in [1.807, 2.05) is 19.1 Å². The van der Waals surface area contributed by atoms with Gasteiger partial charge >= 0.3 is 0 Å². The van der Waals surface area contributed by atoms with Crippen LogP contribution < -0.4 is 10.1 Å². The van der Waals surface area contributed by atoms with E-state index in [1.165, 1.54) is 5.56 Å². The van der Waals surface area contributed by atoms with E-state index in [-0.39, 0.29) is 5.91 Å². The zero-order valence-corrected chi connectivity index (χ0v) is 13.8. The number of nitrogens with one attached hydrogen (secondary N) is 1. The largest absolute Gasteiger partial charge is 0.494 e. The van der Waals surface area contributed by atoms with Crippen LogP contribution in [0.1, 0.15) is 51.1 Å². The predicted octanol–water partition coefficient (Wildman–Crippen LogP) is 3.14. The summed E-state index contributed by atoms with van der Waals surface area (Å²) in [7, 11) is 0. The predicted molar refractivity (Wildman–Crippen MR) is 89.1 cm³/mol. The molecular formula is C18H28N2O2. The minimum atomic E-state index is 0.145. The van der Waals surface area contributed by atoms with Crippen molar-refractivity contribution >= 4 is 5.91 Å². The Morgan fingerprint density at radius 1 is 1.32 bits per heavy atom. The van der Waals surface area contributed by atoms with Crippen LogP contribution in [-0.4, -0.2) is 37.0 Å². The molecule has 1 aromatic rings. The fourth-order valence-corrected chi connectivity index (χ4v) is 2.99. The Morgan fingerprint density at radius 2 is 2.09 bits per heavy atom. The maximum absolute atomic E-state index is 12.0. The smallest absolute Gasteiger partial charge is 0.234 e. The molecular weight excluding hydrogens is 276 g/mol. The van der Waals surface area contributed by atoms with E-state index < -0.39 is 0 Å². The summed E-state index contributed by atoms with van der Waals surface area (Å²) in [5.74, 6) is 1.05. The quantitative estimate of drug-likeness (QED) is 0.750. The second kappa shape index (κ2) is 8.79. The molecule has 0 bridgehead atoms. The molecule has 1 saturated heterocycles. The summed E-state index contributed by atoms with van der Waals surface area (Å²) >= 11 is 0. The lowest BCUT2D eigenvalue weighted by Crippen LogP contribution is -2.37. The minimum Gasteiger partial charge on any atom is -0.494 e. The third-order valence-corrected chi connectivity index (χ3v) is 4.14. The lowest BCUT2D eigenvalue weighted by Gasteiger charge is -2.24. The number of amides is 1. The van der Waals surface area contributed by atoms with Gasteiger partial charge in [-0.15, -0.1) is 0 Å². The third kappa shape index (κ3) is 4.73. The lowest BCUT2D eigenvalue weighted by atomic mass is 10.0. The monoisotopic (exact) mass is 304 g/mol. The van der Waals surface area contributed by atoms with Gasteiger partial charge in [0, 0.05) is 12.6 Å². The van der Waals surface area contributed by atoms with Crippen molar-refractivity contribution in [3.8, 4) is 5.75 Å². The number of ether oxygens (including phenoxy) is 1. The molecule has 1 aliphatic rings. The summed E-state index contributed by atoms with van der Waals surface area (Å²) in [5.41, 5.74) is 1.28. The van der Waals surface area contributed by atoms with E-state index in [9.17, 15) is 4.79 Å². The maximum Gasteiger partial charge on any atom is 0.234 e. The molecule has 1 aliphatic heterocycles. The second-order valence-electron chi connectivity index (χ2n) is 5.83. The van der Waals surface area contributed by atoms with Crippen LogP contribution in [0.3, 0.4) is 0 Å². The first-order valence-corrected chi connectivity index (χ1v) is 8.48. The summed E-state index contributed by atoms with van der Waals surface area (Å²) in [6.45, 7) is 7.10. The summed E-state index contributed by atoms with van der Waals surface area (Å²) in [6, 6.07) is 8.66. The fraction of sp³-hybridized carbons (Fsp3) is 0.611. The first kappa shape index (κ1) is 16.8. The number of nitrogens with zero attached hydrogens (tertiary/aromatic N) is 1. The number of benzene rings is 1. The maximum atomic E-state index is 12.0. The minimum absolute atomic E-state index is 0.145. The first-order valence-electron chi connectivity index (χ1n) is 8.48. The van der Waals surface area contributed by atoms with Gasteiger partial charge in [0.15, 0.2) is 0 Å². The second-order valence-corrected chi connectivity index (χ2v) is 5.83. The molecule has 0 saturated carbocycles. The summed E-state index contributed by atoms with van der Waals surface area (Å²) in [5, 5.41) is 3.01. The summed E-state index contributed by atoms with van der Waals surface area (Å²) < 4.78 is 5.49. The average molecular weight is 304 g/mol. The SMILES string of the molecule is CCCCNC(=O)CN1CCCC1c1ccc(OCC)cc1. The molecule has 4 heteroatoms. The Morgan fingerprint density at radius 3 is 2.77 bits per heavy atom. The molecule has 4 nitrogen and oxygen atoms in total. The number of hydrogen-bond acceptors (Lipinski definition) is 3. The van der Waals surface area contributed by atoms with Crippen LogP contribution in [0, 0.1) is 0 Å². The van der Waals surface area contributed by atoms with Gasteiger partial charge in [0.25, 0.3) is 0 Å². The van der Waals surface area contributed by atoms with Crippen LogP contribution in [0.15, 0.2) is 24.3 Å². The van der Waals surface area contributed by atoms with Gasteiger partial charge in [-0.25, -0.2) is 0 Å². The normalized spacial score (nSPS) is 18.4. The zero-order valence-electron chi connectivity index (χ0n) is 13.8. The molecule has 1 N–H and O–H groups in total. The molecule has 0 radical (unpaired) electrons. The first-order chi connectivity index (χ1) is 10.7. The molecule has 1 amide bonds. The van der Waals surface area contributed by atoms with Crippen molar-refractivity contribution in [2.45, 2.75) is 45.6 Å². The average Bonchev–Trinajstić information content (AvgIpc) is 2.97. The van der Waals surface area contributed by atoms with E-state index in [1.54, 1.807) is 0 Å². The van der Waals surface area contributed by atoms with E-state index >= 15 is 0 Å². The third-order valence-electron chi connectivity index (χ3n) is 4.14. The standard InChI is InChI=1S/C18H28N2O2/c1-3-5-12-19-18(21)14-20-13-6-7-17(20)15-8-10-16(11-9-15)22-4-2/h8-11,17H,3-7,12-14H2,1-2H3,(H,19,21). The van der Waals surface area contributed by atoms with E-state index in [4.69, 9.17) is 4.74 Å². The molecule has 1 fully saturated rings. The number of carbonyl (C=O) groups is 1. The van der Waals surface area contributed by atoms with E-state index in [0.717, 1.165) is 44.5 Å². The van der Waals surface area contributed by atoms with Gasteiger partial charge in [-0.2, -0.15) is 0 Å². The van der Waals surface area contributed by atoms with Crippen LogP contribution in [0.2, 0.25) is 0 Å². The van der Waals surface area contributed by atoms with Gasteiger partial charge in [-0.1, -0.05) is 25.5 Å². The van der Waals surface area contributed by atoms with Crippen molar-refractivity contribution in [2.24, 2.45) is 0 Å². The molecule has 0 aliphatic carbocycles. The summed E-state index contributed by atoms with van der Waals surface area (Å²) in [4.78, 5) is 14.3. The highest BCUT2D eigenvalue weighted by molar-refractivity contribution is 5.78. The van der Waals surface area contributed by atoms with Gasteiger partial charge in [0.2, 0.25) is 5.91 Å². The molecule has 1 unspecified atom stereocenters. The fourth-order valence-electron chi connectivity index (χ4n) is 2.99. The Hall–Kier alpha value is -1.55.